The van der Waals surface area contributed by atoms with Crippen molar-refractivity contribution in [2.24, 2.45) is 0 Å². The summed E-state index contributed by atoms with van der Waals surface area (Å²) in [4.78, 5) is 21.8. The van der Waals surface area contributed by atoms with Crippen LogP contribution in [0.2, 0.25) is 0 Å². The van der Waals surface area contributed by atoms with Crippen LogP contribution in [-0.2, 0) is 10.9 Å². The highest BCUT2D eigenvalue weighted by molar-refractivity contribution is 5.90. The average Bonchev–Trinajstić information content (AvgIpc) is 2.35. The topological polar surface area (TPSA) is 79.5 Å². The number of alkyl halides is 3. The van der Waals surface area contributed by atoms with Crippen molar-refractivity contribution < 1.29 is 27.5 Å². The van der Waals surface area contributed by atoms with Crippen LogP contribution in [0.4, 0.5) is 28.4 Å². The number of halogens is 3. The number of nitrogens with one attached hydrogen (secondary N) is 3. The molecular formula is C10H10F3N3O3. The Labute approximate surface area is 105 Å². The molecule has 3 amide bonds. The van der Waals surface area contributed by atoms with Crippen LogP contribution in [0.25, 0.3) is 0 Å². The average molecular weight is 277 g/mol. The summed E-state index contributed by atoms with van der Waals surface area (Å²) in [6, 6.07) is 2.98. The highest BCUT2D eigenvalue weighted by Crippen LogP contribution is 2.29. The number of hydrogen-bond donors (Lipinski definition) is 3. The van der Waals surface area contributed by atoms with Crippen LogP contribution < -0.4 is 16.2 Å². The normalized spacial score (nSPS) is 10.5. The SMILES string of the molecule is COC(=O)NNC(=O)Nc1ccc(C(F)(F)F)cc1. The zero-order chi connectivity index (χ0) is 14.5. The molecule has 0 aliphatic heterocycles. The molecule has 1 rings (SSSR count). The molecule has 0 radical (unpaired) electrons. The van der Waals surface area contributed by atoms with Crippen molar-refractivity contribution in [2.45, 2.75) is 6.18 Å². The third-order valence-corrected chi connectivity index (χ3v) is 1.93. The van der Waals surface area contributed by atoms with Gasteiger partial charge in [-0.2, -0.15) is 13.2 Å². The molecular weight excluding hydrogens is 267 g/mol. The van der Waals surface area contributed by atoms with E-state index in [0.29, 0.717) is 0 Å². The Morgan fingerprint density at radius 3 is 2.16 bits per heavy atom. The number of carbonyl (C=O) groups excluding carboxylic acids is 2. The van der Waals surface area contributed by atoms with Crippen molar-refractivity contribution in [2.75, 3.05) is 12.4 Å². The Hall–Kier alpha value is -2.45. The predicted octanol–water partition coefficient (Wildman–Crippen LogP) is 2.10. The number of anilines is 1. The minimum absolute atomic E-state index is 0.136. The number of amides is 3. The second kappa shape index (κ2) is 5.94. The van der Waals surface area contributed by atoms with Crippen LogP contribution in [0.5, 0.6) is 0 Å². The van der Waals surface area contributed by atoms with Crippen molar-refractivity contribution in [1.82, 2.24) is 10.9 Å². The van der Waals surface area contributed by atoms with Gasteiger partial charge in [0.05, 0.1) is 12.7 Å². The summed E-state index contributed by atoms with van der Waals surface area (Å²) in [5, 5.41) is 2.21. The quantitative estimate of drug-likeness (QED) is 0.688. The van der Waals surface area contributed by atoms with Crippen molar-refractivity contribution in [1.29, 1.82) is 0 Å². The highest BCUT2D eigenvalue weighted by Gasteiger charge is 2.29. The van der Waals surface area contributed by atoms with E-state index in [1.165, 1.54) is 0 Å². The summed E-state index contributed by atoms with van der Waals surface area (Å²) in [6.07, 6.45) is -5.32. The zero-order valence-electron chi connectivity index (χ0n) is 9.67. The van der Waals surface area contributed by atoms with Crippen LogP contribution in [0.1, 0.15) is 5.56 Å². The van der Waals surface area contributed by atoms with Crippen molar-refractivity contribution in [3.63, 3.8) is 0 Å². The number of carbonyl (C=O) groups is 2. The molecule has 9 heteroatoms. The molecule has 104 valence electrons. The first-order valence-electron chi connectivity index (χ1n) is 4.91. The number of benzene rings is 1. The lowest BCUT2D eigenvalue weighted by Crippen LogP contribution is -2.43. The lowest BCUT2D eigenvalue weighted by Gasteiger charge is -2.09. The molecule has 0 saturated heterocycles. The minimum atomic E-state index is -4.44. The molecule has 1 aromatic carbocycles. The molecule has 19 heavy (non-hydrogen) atoms. The third-order valence-electron chi connectivity index (χ3n) is 1.93. The highest BCUT2D eigenvalue weighted by atomic mass is 19.4. The molecule has 0 bridgehead atoms. The van der Waals surface area contributed by atoms with Crippen molar-refractivity contribution in [3.8, 4) is 0 Å². The van der Waals surface area contributed by atoms with Gasteiger partial charge in [0, 0.05) is 5.69 Å². The van der Waals surface area contributed by atoms with Gasteiger partial charge in [0.1, 0.15) is 0 Å². The smallest absolute Gasteiger partial charge is 0.425 e. The molecule has 0 saturated carbocycles. The fourth-order valence-electron chi connectivity index (χ4n) is 1.06. The van der Waals surface area contributed by atoms with Gasteiger partial charge < -0.3 is 10.1 Å². The van der Waals surface area contributed by atoms with Crippen LogP contribution in [0.3, 0.4) is 0 Å². The van der Waals surface area contributed by atoms with Crippen LogP contribution in [0.15, 0.2) is 24.3 Å². The molecule has 0 fully saturated rings. The molecule has 6 nitrogen and oxygen atoms in total. The Balaban J connectivity index is 2.54. The number of rotatable bonds is 1. The van der Waals surface area contributed by atoms with E-state index in [9.17, 15) is 22.8 Å². The summed E-state index contributed by atoms with van der Waals surface area (Å²) in [5.41, 5.74) is 3.12. The number of hydrazine groups is 1. The summed E-state index contributed by atoms with van der Waals surface area (Å²) >= 11 is 0. The maximum atomic E-state index is 12.3. The van der Waals surface area contributed by atoms with Crippen molar-refractivity contribution >= 4 is 17.8 Å². The van der Waals surface area contributed by atoms with E-state index in [1.54, 1.807) is 0 Å². The fraction of sp³-hybridized carbons (Fsp3) is 0.200. The largest absolute Gasteiger partial charge is 0.452 e. The molecule has 0 unspecified atom stereocenters. The van der Waals surface area contributed by atoms with Crippen LogP contribution in [-0.4, -0.2) is 19.2 Å². The van der Waals surface area contributed by atoms with Crippen LogP contribution in [0, 0.1) is 0 Å². The van der Waals surface area contributed by atoms with Crippen molar-refractivity contribution in [3.05, 3.63) is 29.8 Å². The number of hydrogen-bond acceptors (Lipinski definition) is 3. The molecule has 0 aliphatic rings. The predicted molar refractivity (Wildman–Crippen MR) is 59.1 cm³/mol. The molecule has 0 atom stereocenters. The van der Waals surface area contributed by atoms with Gasteiger partial charge in [-0.25, -0.2) is 20.4 Å². The van der Waals surface area contributed by atoms with Gasteiger partial charge in [-0.1, -0.05) is 0 Å². The lowest BCUT2D eigenvalue weighted by atomic mass is 10.2. The van der Waals surface area contributed by atoms with E-state index >= 15 is 0 Å². The molecule has 3 N–H and O–H groups in total. The zero-order valence-corrected chi connectivity index (χ0v) is 9.67. The van der Waals surface area contributed by atoms with E-state index in [2.05, 4.69) is 10.1 Å². The van der Waals surface area contributed by atoms with E-state index in [0.717, 1.165) is 31.4 Å². The van der Waals surface area contributed by atoms with Gasteiger partial charge in [0.15, 0.2) is 0 Å². The Kier molecular flexibility index (Phi) is 4.56. The first-order valence-corrected chi connectivity index (χ1v) is 4.91. The van der Waals surface area contributed by atoms with E-state index in [-0.39, 0.29) is 5.69 Å². The first kappa shape index (κ1) is 14.6. The molecule has 0 spiro atoms. The standard InChI is InChI=1S/C10H10F3N3O3/c1-19-9(18)16-15-8(17)14-7-4-2-6(3-5-7)10(11,12)13/h2-5H,1H3,(H,16,18)(H2,14,15,17). The Morgan fingerprint density at radius 1 is 1.11 bits per heavy atom. The number of methoxy groups -OCH3 is 1. The third kappa shape index (κ3) is 4.74. The second-order valence-corrected chi connectivity index (χ2v) is 3.27. The van der Waals surface area contributed by atoms with Gasteiger partial charge in [0.2, 0.25) is 0 Å². The van der Waals surface area contributed by atoms with Crippen LogP contribution >= 0.6 is 0 Å². The fourth-order valence-corrected chi connectivity index (χ4v) is 1.06. The maximum Gasteiger partial charge on any atom is 0.425 e. The van der Waals surface area contributed by atoms with Gasteiger partial charge in [-0.15, -0.1) is 0 Å². The summed E-state index contributed by atoms with van der Waals surface area (Å²) in [7, 11) is 1.10. The van der Waals surface area contributed by atoms with E-state index < -0.39 is 23.9 Å². The van der Waals surface area contributed by atoms with Gasteiger partial charge >= 0.3 is 18.3 Å². The number of ether oxygens (including phenoxy) is 1. The molecule has 1 aromatic rings. The second-order valence-electron chi connectivity index (χ2n) is 3.27. The number of urea groups is 1. The summed E-state index contributed by atoms with van der Waals surface area (Å²) in [6.45, 7) is 0. The molecule has 0 aliphatic carbocycles. The Bertz CT molecular complexity index is 459. The lowest BCUT2D eigenvalue weighted by molar-refractivity contribution is -0.137. The Morgan fingerprint density at radius 2 is 1.68 bits per heavy atom. The summed E-state index contributed by atoms with van der Waals surface area (Å²) < 4.78 is 41.0. The molecule has 0 heterocycles. The minimum Gasteiger partial charge on any atom is -0.452 e. The van der Waals surface area contributed by atoms with E-state index in [1.807, 2.05) is 10.9 Å². The molecule has 0 aromatic heterocycles. The van der Waals surface area contributed by atoms with Gasteiger partial charge in [-0.3, -0.25) is 0 Å². The first-order chi connectivity index (χ1) is 8.82. The monoisotopic (exact) mass is 277 g/mol. The van der Waals surface area contributed by atoms with E-state index in [4.69, 9.17) is 0 Å². The summed E-state index contributed by atoms with van der Waals surface area (Å²) in [5.74, 6) is 0. The maximum absolute atomic E-state index is 12.3. The van der Waals surface area contributed by atoms with Gasteiger partial charge in [-0.05, 0) is 24.3 Å². The van der Waals surface area contributed by atoms with Gasteiger partial charge in [0.25, 0.3) is 0 Å².